The second-order valence-electron chi connectivity index (χ2n) is 4.22. The Morgan fingerprint density at radius 3 is 2.72 bits per heavy atom. The molecule has 98 valence electrons. The topological polar surface area (TPSA) is 90.9 Å². The van der Waals surface area contributed by atoms with Crippen molar-refractivity contribution < 1.29 is 4.79 Å². The molecule has 1 heterocycles. The SMILES string of the molecule is CCCNC(=O)c1sc(NC(C)C)c(C#N)c1N. The first-order chi connectivity index (χ1) is 8.51. The fraction of sp³-hybridized carbons (Fsp3) is 0.500. The molecule has 1 aromatic rings. The highest BCUT2D eigenvalue weighted by Crippen LogP contribution is 2.35. The highest BCUT2D eigenvalue weighted by molar-refractivity contribution is 7.18. The van der Waals surface area contributed by atoms with Crippen molar-refractivity contribution in [3.63, 3.8) is 0 Å². The molecule has 0 aromatic carbocycles. The van der Waals surface area contributed by atoms with Crippen molar-refractivity contribution in [1.82, 2.24) is 5.32 Å². The second-order valence-corrected chi connectivity index (χ2v) is 5.24. The minimum atomic E-state index is -0.215. The maximum absolute atomic E-state index is 11.9. The summed E-state index contributed by atoms with van der Waals surface area (Å²) in [5, 5.41) is 15.6. The summed E-state index contributed by atoms with van der Waals surface area (Å²) in [7, 11) is 0. The van der Waals surface area contributed by atoms with E-state index in [1.165, 1.54) is 11.3 Å². The van der Waals surface area contributed by atoms with E-state index in [1.807, 2.05) is 26.8 Å². The zero-order valence-corrected chi connectivity index (χ0v) is 11.6. The summed E-state index contributed by atoms with van der Waals surface area (Å²) in [5.41, 5.74) is 6.47. The van der Waals surface area contributed by atoms with Gasteiger partial charge in [0, 0.05) is 12.6 Å². The smallest absolute Gasteiger partial charge is 0.263 e. The van der Waals surface area contributed by atoms with Gasteiger partial charge in [0.1, 0.15) is 21.5 Å². The molecule has 0 unspecified atom stereocenters. The lowest BCUT2D eigenvalue weighted by Gasteiger charge is -2.06. The van der Waals surface area contributed by atoms with Gasteiger partial charge in [-0.2, -0.15) is 5.26 Å². The standard InChI is InChI=1S/C12H18N4OS/c1-4-5-15-11(17)10-9(14)8(6-13)12(18-10)16-7(2)3/h7,16H,4-5,14H2,1-3H3,(H,15,17). The van der Waals surface area contributed by atoms with Crippen LogP contribution in [0.5, 0.6) is 0 Å². The lowest BCUT2D eigenvalue weighted by atomic mass is 10.2. The second kappa shape index (κ2) is 6.26. The summed E-state index contributed by atoms with van der Waals surface area (Å²) in [5.74, 6) is -0.215. The van der Waals surface area contributed by atoms with Gasteiger partial charge in [0.15, 0.2) is 0 Å². The van der Waals surface area contributed by atoms with Crippen LogP contribution in [0, 0.1) is 11.3 Å². The van der Waals surface area contributed by atoms with E-state index in [0.717, 1.165) is 6.42 Å². The molecule has 1 rings (SSSR count). The van der Waals surface area contributed by atoms with E-state index in [4.69, 9.17) is 11.0 Å². The maximum Gasteiger partial charge on any atom is 0.263 e. The molecule has 4 N–H and O–H groups in total. The molecule has 1 aromatic heterocycles. The van der Waals surface area contributed by atoms with Gasteiger partial charge in [0.25, 0.3) is 5.91 Å². The Morgan fingerprint density at radius 2 is 2.22 bits per heavy atom. The molecule has 0 aliphatic heterocycles. The molecule has 0 saturated carbocycles. The number of nitriles is 1. The van der Waals surface area contributed by atoms with E-state index in [1.54, 1.807) is 0 Å². The van der Waals surface area contributed by atoms with Gasteiger partial charge >= 0.3 is 0 Å². The maximum atomic E-state index is 11.9. The van der Waals surface area contributed by atoms with Gasteiger partial charge in [-0.1, -0.05) is 6.92 Å². The molecule has 18 heavy (non-hydrogen) atoms. The minimum absolute atomic E-state index is 0.182. The Hall–Kier alpha value is -1.74. The van der Waals surface area contributed by atoms with Gasteiger partial charge in [-0.05, 0) is 20.3 Å². The van der Waals surface area contributed by atoms with Crippen molar-refractivity contribution in [2.45, 2.75) is 33.2 Å². The van der Waals surface area contributed by atoms with Gasteiger partial charge in [-0.3, -0.25) is 4.79 Å². The fourth-order valence-corrected chi connectivity index (χ4v) is 2.54. The summed E-state index contributed by atoms with van der Waals surface area (Å²) >= 11 is 1.23. The molecule has 0 fully saturated rings. The summed E-state index contributed by atoms with van der Waals surface area (Å²) in [4.78, 5) is 12.3. The lowest BCUT2D eigenvalue weighted by molar-refractivity contribution is 0.0958. The number of amides is 1. The van der Waals surface area contributed by atoms with Crippen LogP contribution >= 0.6 is 11.3 Å². The third-order valence-electron chi connectivity index (χ3n) is 2.22. The van der Waals surface area contributed by atoms with Crippen LogP contribution < -0.4 is 16.4 Å². The average Bonchev–Trinajstić information content (AvgIpc) is 2.61. The van der Waals surface area contributed by atoms with Crippen LogP contribution in [-0.2, 0) is 0 Å². The van der Waals surface area contributed by atoms with E-state index >= 15 is 0 Å². The summed E-state index contributed by atoms with van der Waals surface area (Å²) in [6, 6.07) is 2.23. The van der Waals surface area contributed by atoms with Crippen molar-refractivity contribution in [3.05, 3.63) is 10.4 Å². The van der Waals surface area contributed by atoms with Gasteiger partial charge in [-0.15, -0.1) is 11.3 Å². The normalized spacial score (nSPS) is 10.2. The number of anilines is 2. The molecule has 6 heteroatoms. The predicted octanol–water partition coefficient (Wildman–Crippen LogP) is 2.16. The van der Waals surface area contributed by atoms with E-state index in [9.17, 15) is 4.79 Å². The van der Waals surface area contributed by atoms with Gasteiger partial charge in [0.2, 0.25) is 0 Å². The molecule has 0 aliphatic rings. The van der Waals surface area contributed by atoms with Crippen molar-refractivity contribution >= 4 is 27.9 Å². The van der Waals surface area contributed by atoms with Gasteiger partial charge < -0.3 is 16.4 Å². The Bertz CT molecular complexity index is 473. The molecule has 0 radical (unpaired) electrons. The number of nitrogens with zero attached hydrogens (tertiary/aromatic N) is 1. The Morgan fingerprint density at radius 1 is 1.56 bits per heavy atom. The van der Waals surface area contributed by atoms with Crippen molar-refractivity contribution in [1.29, 1.82) is 5.26 Å². The van der Waals surface area contributed by atoms with Crippen LogP contribution in [-0.4, -0.2) is 18.5 Å². The number of thiophene rings is 1. The summed E-state index contributed by atoms with van der Waals surface area (Å²) in [6.45, 7) is 6.51. The Balaban J connectivity index is 3.04. The molecule has 0 saturated heterocycles. The largest absolute Gasteiger partial charge is 0.396 e. The predicted molar refractivity (Wildman–Crippen MR) is 74.8 cm³/mol. The molecule has 0 atom stereocenters. The van der Waals surface area contributed by atoms with Crippen LogP contribution in [0.4, 0.5) is 10.7 Å². The number of hydrogen-bond acceptors (Lipinski definition) is 5. The monoisotopic (exact) mass is 266 g/mol. The van der Waals surface area contributed by atoms with Crippen LogP contribution in [0.2, 0.25) is 0 Å². The first-order valence-corrected chi connectivity index (χ1v) is 6.70. The molecule has 5 nitrogen and oxygen atoms in total. The molecule has 0 aliphatic carbocycles. The highest BCUT2D eigenvalue weighted by atomic mass is 32.1. The molecular formula is C12H18N4OS. The molecule has 1 amide bonds. The first kappa shape index (κ1) is 14.3. The quantitative estimate of drug-likeness (QED) is 0.761. The van der Waals surface area contributed by atoms with Crippen LogP contribution in [0.25, 0.3) is 0 Å². The molecule has 0 spiro atoms. The van der Waals surface area contributed by atoms with Crippen molar-refractivity contribution in [2.75, 3.05) is 17.6 Å². The first-order valence-electron chi connectivity index (χ1n) is 5.88. The number of rotatable bonds is 5. The zero-order valence-electron chi connectivity index (χ0n) is 10.8. The van der Waals surface area contributed by atoms with Gasteiger partial charge in [-0.25, -0.2) is 0 Å². The zero-order chi connectivity index (χ0) is 13.7. The van der Waals surface area contributed by atoms with Crippen molar-refractivity contribution in [3.8, 4) is 6.07 Å². The van der Waals surface area contributed by atoms with E-state index in [2.05, 4.69) is 10.6 Å². The van der Waals surface area contributed by atoms with E-state index in [0.29, 0.717) is 22.0 Å². The minimum Gasteiger partial charge on any atom is -0.396 e. The Kier molecular flexibility index (Phi) is 4.98. The summed E-state index contributed by atoms with van der Waals surface area (Å²) < 4.78 is 0. The van der Waals surface area contributed by atoms with Crippen LogP contribution in [0.15, 0.2) is 0 Å². The third kappa shape index (κ3) is 3.14. The van der Waals surface area contributed by atoms with Crippen molar-refractivity contribution in [2.24, 2.45) is 0 Å². The van der Waals surface area contributed by atoms with Gasteiger partial charge in [0.05, 0.1) is 5.69 Å². The number of carbonyl (C=O) groups excluding carboxylic acids is 1. The Labute approximate surface area is 111 Å². The average molecular weight is 266 g/mol. The molecule has 0 bridgehead atoms. The third-order valence-corrected chi connectivity index (χ3v) is 3.35. The fourth-order valence-electron chi connectivity index (χ4n) is 1.41. The number of hydrogen-bond donors (Lipinski definition) is 3. The number of nitrogens with two attached hydrogens (primary N) is 1. The van der Waals surface area contributed by atoms with Crippen LogP contribution in [0.3, 0.4) is 0 Å². The van der Waals surface area contributed by atoms with E-state index < -0.39 is 0 Å². The van der Waals surface area contributed by atoms with E-state index in [-0.39, 0.29) is 17.6 Å². The molecular weight excluding hydrogens is 248 g/mol. The lowest BCUT2D eigenvalue weighted by Crippen LogP contribution is -2.23. The number of nitrogen functional groups attached to an aromatic ring is 1. The number of nitrogens with one attached hydrogen (secondary N) is 2. The highest BCUT2D eigenvalue weighted by Gasteiger charge is 2.20. The van der Waals surface area contributed by atoms with Crippen LogP contribution in [0.1, 0.15) is 42.4 Å². The number of carbonyl (C=O) groups is 1. The summed E-state index contributed by atoms with van der Waals surface area (Å²) in [6.07, 6.45) is 0.860.